The molecule has 9 heteroatoms. The molecule has 0 aliphatic carbocycles. The van der Waals surface area contributed by atoms with E-state index in [1.165, 1.54) is 0 Å². The third kappa shape index (κ3) is 4.26. The molecular weight excluding hydrogens is 402 g/mol. The first kappa shape index (κ1) is 19.9. The minimum absolute atomic E-state index is 0.357. The highest BCUT2D eigenvalue weighted by molar-refractivity contribution is 6.30. The molecule has 3 heterocycles. The number of hydrogen-bond acceptors (Lipinski definition) is 8. The second-order valence-electron chi connectivity index (χ2n) is 6.85. The second kappa shape index (κ2) is 8.93. The third-order valence-electron chi connectivity index (χ3n) is 4.99. The lowest BCUT2D eigenvalue weighted by Gasteiger charge is -2.31. The van der Waals surface area contributed by atoms with E-state index in [2.05, 4.69) is 36.2 Å². The number of nitrogens with zero attached hydrogens (tertiary/aromatic N) is 6. The first-order valence-electron chi connectivity index (χ1n) is 9.54. The van der Waals surface area contributed by atoms with Crippen LogP contribution < -0.4 is 15.0 Å². The van der Waals surface area contributed by atoms with Gasteiger partial charge in [0.25, 0.3) is 0 Å². The summed E-state index contributed by atoms with van der Waals surface area (Å²) >= 11 is 6.05. The molecule has 3 aromatic rings. The first-order chi connectivity index (χ1) is 14.7. The number of methoxy groups -OCH3 is 1. The normalized spacial score (nSPS) is 12.8. The van der Waals surface area contributed by atoms with Crippen molar-refractivity contribution in [3.8, 4) is 12.1 Å². The molecule has 0 saturated heterocycles. The minimum Gasteiger partial charge on any atom is -0.467 e. The Hall–Kier alpha value is -3.44. The van der Waals surface area contributed by atoms with Gasteiger partial charge in [-0.15, -0.1) is 0 Å². The fourth-order valence-corrected chi connectivity index (χ4v) is 3.65. The van der Waals surface area contributed by atoms with Gasteiger partial charge in [0.2, 0.25) is 0 Å². The molecule has 8 nitrogen and oxygen atoms in total. The van der Waals surface area contributed by atoms with Gasteiger partial charge in [0.15, 0.2) is 0 Å². The first-order valence-corrected chi connectivity index (χ1v) is 9.92. The van der Waals surface area contributed by atoms with Crippen molar-refractivity contribution in [1.29, 1.82) is 5.26 Å². The summed E-state index contributed by atoms with van der Waals surface area (Å²) in [4.78, 5) is 19.3. The standard InChI is InChI=1S/C21H20ClN7O/c1-30-21-25-10-14(11-26-21)4-6-24-20-17-12-29(7-5-18(17)27-13-28-20)19-3-2-16(22)8-15(19)9-23/h2-3,8,10-11,13H,4-7,12H2,1H3,(H,24,27,28). The molecule has 0 fully saturated rings. The fraction of sp³-hybridized carbons (Fsp3) is 0.286. The molecule has 0 unspecified atom stereocenters. The van der Waals surface area contributed by atoms with E-state index >= 15 is 0 Å². The summed E-state index contributed by atoms with van der Waals surface area (Å²) in [5.41, 5.74) is 4.53. The topological polar surface area (TPSA) is 99.9 Å². The van der Waals surface area contributed by atoms with Crippen molar-refractivity contribution in [3.05, 3.63) is 64.3 Å². The number of rotatable bonds is 6. The number of fused-ring (bicyclic) bond motifs is 1. The maximum Gasteiger partial charge on any atom is 0.316 e. The summed E-state index contributed by atoms with van der Waals surface area (Å²) < 4.78 is 4.99. The molecule has 1 aromatic carbocycles. The molecule has 2 aromatic heterocycles. The molecule has 30 heavy (non-hydrogen) atoms. The van der Waals surface area contributed by atoms with Crippen LogP contribution in [0.5, 0.6) is 6.01 Å². The number of benzene rings is 1. The third-order valence-corrected chi connectivity index (χ3v) is 5.23. The Morgan fingerprint density at radius 3 is 2.83 bits per heavy atom. The second-order valence-corrected chi connectivity index (χ2v) is 7.28. The molecular formula is C21H20ClN7O. The van der Waals surface area contributed by atoms with Crippen LogP contribution in [0.2, 0.25) is 5.02 Å². The van der Waals surface area contributed by atoms with Gasteiger partial charge in [0, 0.05) is 49.0 Å². The fourth-order valence-electron chi connectivity index (χ4n) is 3.48. The maximum atomic E-state index is 9.49. The highest BCUT2D eigenvalue weighted by atomic mass is 35.5. The Labute approximate surface area is 179 Å². The molecule has 0 bridgehead atoms. The van der Waals surface area contributed by atoms with Gasteiger partial charge in [0.05, 0.1) is 24.1 Å². The molecule has 4 rings (SSSR count). The van der Waals surface area contributed by atoms with E-state index < -0.39 is 0 Å². The van der Waals surface area contributed by atoms with Crippen molar-refractivity contribution in [1.82, 2.24) is 19.9 Å². The van der Waals surface area contributed by atoms with Crippen molar-refractivity contribution in [3.63, 3.8) is 0 Å². The Morgan fingerprint density at radius 2 is 2.07 bits per heavy atom. The van der Waals surface area contributed by atoms with Gasteiger partial charge < -0.3 is 15.0 Å². The van der Waals surface area contributed by atoms with Crippen LogP contribution in [-0.4, -0.2) is 40.1 Å². The van der Waals surface area contributed by atoms with E-state index in [4.69, 9.17) is 16.3 Å². The van der Waals surface area contributed by atoms with Gasteiger partial charge in [0.1, 0.15) is 18.2 Å². The molecule has 0 radical (unpaired) electrons. The van der Waals surface area contributed by atoms with Crippen LogP contribution in [0, 0.1) is 11.3 Å². The Balaban J connectivity index is 1.48. The van der Waals surface area contributed by atoms with Crippen LogP contribution in [0.25, 0.3) is 0 Å². The van der Waals surface area contributed by atoms with Crippen molar-refractivity contribution >= 4 is 23.1 Å². The highest BCUT2D eigenvalue weighted by Crippen LogP contribution is 2.30. The number of nitriles is 1. The van der Waals surface area contributed by atoms with Crippen LogP contribution in [0.3, 0.4) is 0 Å². The number of halogens is 1. The molecule has 1 aliphatic heterocycles. The summed E-state index contributed by atoms with van der Waals surface area (Å²) in [6.07, 6.45) is 6.65. The lowest BCUT2D eigenvalue weighted by Crippen LogP contribution is -2.32. The zero-order valence-electron chi connectivity index (χ0n) is 16.5. The number of anilines is 2. The summed E-state index contributed by atoms with van der Waals surface area (Å²) in [6, 6.07) is 8.00. The van der Waals surface area contributed by atoms with Crippen molar-refractivity contribution in [2.45, 2.75) is 19.4 Å². The summed E-state index contributed by atoms with van der Waals surface area (Å²) in [5.74, 6) is 0.812. The van der Waals surface area contributed by atoms with Crippen LogP contribution in [-0.2, 0) is 19.4 Å². The monoisotopic (exact) mass is 421 g/mol. The van der Waals surface area contributed by atoms with Crippen LogP contribution >= 0.6 is 11.6 Å². The molecule has 0 amide bonds. The van der Waals surface area contributed by atoms with Crippen molar-refractivity contribution < 1.29 is 4.74 Å². The molecule has 1 N–H and O–H groups in total. The van der Waals surface area contributed by atoms with E-state index in [-0.39, 0.29) is 0 Å². The summed E-state index contributed by atoms with van der Waals surface area (Å²) in [6.45, 7) is 2.09. The van der Waals surface area contributed by atoms with Gasteiger partial charge in [-0.25, -0.2) is 19.9 Å². The number of ether oxygens (including phenoxy) is 1. The van der Waals surface area contributed by atoms with E-state index in [9.17, 15) is 5.26 Å². The van der Waals surface area contributed by atoms with E-state index in [0.29, 0.717) is 29.7 Å². The smallest absolute Gasteiger partial charge is 0.316 e. The predicted octanol–water partition coefficient (Wildman–Crippen LogP) is 3.02. The lowest BCUT2D eigenvalue weighted by atomic mass is 10.0. The Bertz CT molecular complexity index is 1080. The van der Waals surface area contributed by atoms with Crippen LogP contribution in [0.1, 0.15) is 22.4 Å². The molecule has 0 saturated carbocycles. The van der Waals surface area contributed by atoms with E-state index in [1.807, 2.05) is 12.1 Å². The minimum atomic E-state index is 0.357. The van der Waals surface area contributed by atoms with E-state index in [1.54, 1.807) is 31.9 Å². The number of hydrogen-bond donors (Lipinski definition) is 1. The average molecular weight is 422 g/mol. The quantitative estimate of drug-likeness (QED) is 0.648. The lowest BCUT2D eigenvalue weighted by molar-refractivity contribution is 0.379. The van der Waals surface area contributed by atoms with E-state index in [0.717, 1.165) is 47.7 Å². The largest absolute Gasteiger partial charge is 0.467 e. The zero-order valence-corrected chi connectivity index (χ0v) is 17.2. The Morgan fingerprint density at radius 1 is 1.23 bits per heavy atom. The molecule has 152 valence electrons. The number of nitrogens with one attached hydrogen (secondary N) is 1. The molecule has 1 aliphatic rings. The van der Waals surface area contributed by atoms with Gasteiger partial charge >= 0.3 is 6.01 Å². The average Bonchev–Trinajstić information content (AvgIpc) is 2.79. The summed E-state index contributed by atoms with van der Waals surface area (Å²) in [7, 11) is 1.54. The predicted molar refractivity (Wildman–Crippen MR) is 114 cm³/mol. The van der Waals surface area contributed by atoms with Crippen LogP contribution in [0.15, 0.2) is 36.9 Å². The molecule has 0 atom stereocenters. The summed E-state index contributed by atoms with van der Waals surface area (Å²) in [5, 5.41) is 13.5. The maximum absolute atomic E-state index is 9.49. The molecule has 0 spiro atoms. The van der Waals surface area contributed by atoms with Crippen molar-refractivity contribution in [2.24, 2.45) is 0 Å². The van der Waals surface area contributed by atoms with Gasteiger partial charge in [-0.1, -0.05) is 11.6 Å². The van der Waals surface area contributed by atoms with Gasteiger partial charge in [-0.05, 0) is 30.2 Å². The number of aromatic nitrogens is 4. The van der Waals surface area contributed by atoms with Crippen molar-refractivity contribution in [2.75, 3.05) is 30.4 Å². The van der Waals surface area contributed by atoms with Gasteiger partial charge in [-0.3, -0.25) is 0 Å². The highest BCUT2D eigenvalue weighted by Gasteiger charge is 2.23. The SMILES string of the molecule is COc1ncc(CCNc2ncnc3c2CN(c2ccc(Cl)cc2C#N)CC3)cn1. The zero-order chi connectivity index (χ0) is 20.9. The Kier molecular flexibility index (Phi) is 5.91. The van der Waals surface area contributed by atoms with Crippen LogP contribution in [0.4, 0.5) is 11.5 Å². The van der Waals surface area contributed by atoms with Gasteiger partial charge in [-0.2, -0.15) is 5.26 Å².